The minimum absolute atomic E-state index is 0.109. The van der Waals surface area contributed by atoms with E-state index in [1.54, 1.807) is 6.08 Å². The molecule has 0 radical (unpaired) electrons. The highest BCUT2D eigenvalue weighted by Crippen LogP contribution is 2.00. The number of carbonyl (C=O) groups is 2. The molecule has 1 aromatic carbocycles. The van der Waals surface area contributed by atoms with Crippen molar-refractivity contribution in [3.05, 3.63) is 42.0 Å². The summed E-state index contributed by atoms with van der Waals surface area (Å²) in [6.07, 6.45) is 2.77. The Morgan fingerprint density at radius 3 is 2.54 bits per heavy atom. The second kappa shape index (κ2) is 4.87. The van der Waals surface area contributed by atoms with Gasteiger partial charge in [-0.2, -0.15) is 0 Å². The van der Waals surface area contributed by atoms with Crippen LogP contribution in [0.25, 0.3) is 6.08 Å². The summed E-state index contributed by atoms with van der Waals surface area (Å²) in [5.41, 5.74) is 0.880. The van der Waals surface area contributed by atoms with E-state index in [0.29, 0.717) is 0 Å². The van der Waals surface area contributed by atoms with Crippen LogP contribution in [-0.2, 0) is 14.3 Å². The smallest absolute Gasteiger partial charge is 0.338 e. The van der Waals surface area contributed by atoms with Crippen LogP contribution < -0.4 is 0 Å². The molecule has 66 valence electrons. The maximum atomic E-state index is 10.7. The van der Waals surface area contributed by atoms with Crippen molar-refractivity contribution < 1.29 is 14.3 Å². The quantitative estimate of drug-likeness (QED) is 0.302. The van der Waals surface area contributed by atoms with Crippen molar-refractivity contribution >= 4 is 18.5 Å². The van der Waals surface area contributed by atoms with Gasteiger partial charge in [0.25, 0.3) is 0 Å². The SMILES string of the molecule is O=COC(=O)/C=C/c1ccccc1. The summed E-state index contributed by atoms with van der Waals surface area (Å²) in [5.74, 6) is -0.668. The third kappa shape index (κ3) is 3.33. The predicted octanol–water partition coefficient (Wildman–Crippen LogP) is 1.40. The summed E-state index contributed by atoms with van der Waals surface area (Å²) in [6, 6.07) is 9.26. The highest BCUT2D eigenvalue weighted by molar-refractivity contribution is 5.90. The largest absolute Gasteiger partial charge is 0.392 e. The van der Waals surface area contributed by atoms with Crippen LogP contribution >= 0.6 is 0 Å². The fraction of sp³-hybridized carbons (Fsp3) is 0. The summed E-state index contributed by atoms with van der Waals surface area (Å²) in [4.78, 5) is 20.4. The van der Waals surface area contributed by atoms with Gasteiger partial charge in [-0.1, -0.05) is 30.3 Å². The van der Waals surface area contributed by atoms with Gasteiger partial charge >= 0.3 is 12.4 Å². The number of benzene rings is 1. The minimum Gasteiger partial charge on any atom is -0.392 e. The first kappa shape index (κ1) is 9.19. The molecule has 0 aliphatic heterocycles. The first-order valence-corrected chi connectivity index (χ1v) is 3.70. The monoisotopic (exact) mass is 176 g/mol. The molecule has 1 rings (SSSR count). The van der Waals surface area contributed by atoms with E-state index in [9.17, 15) is 9.59 Å². The number of rotatable bonds is 3. The first-order chi connectivity index (χ1) is 6.33. The summed E-state index contributed by atoms with van der Waals surface area (Å²) < 4.78 is 4.06. The maximum Gasteiger partial charge on any atom is 0.338 e. The zero-order chi connectivity index (χ0) is 9.52. The number of hydrogen-bond acceptors (Lipinski definition) is 3. The summed E-state index contributed by atoms with van der Waals surface area (Å²) >= 11 is 0. The van der Waals surface area contributed by atoms with Crippen molar-refractivity contribution in [1.29, 1.82) is 0 Å². The highest BCUT2D eigenvalue weighted by Gasteiger charge is 1.92. The lowest BCUT2D eigenvalue weighted by Crippen LogP contribution is -1.96. The van der Waals surface area contributed by atoms with E-state index in [-0.39, 0.29) is 6.47 Å². The van der Waals surface area contributed by atoms with Gasteiger partial charge in [-0.05, 0) is 11.6 Å². The molecule has 0 saturated heterocycles. The Morgan fingerprint density at radius 2 is 1.92 bits per heavy atom. The molecule has 0 unspecified atom stereocenters. The molecule has 0 aromatic heterocycles. The van der Waals surface area contributed by atoms with Gasteiger partial charge in [-0.3, -0.25) is 4.79 Å². The molecule has 0 N–H and O–H groups in total. The van der Waals surface area contributed by atoms with Gasteiger partial charge in [0.15, 0.2) is 0 Å². The van der Waals surface area contributed by atoms with Crippen molar-refractivity contribution in [3.8, 4) is 0 Å². The first-order valence-electron chi connectivity index (χ1n) is 3.70. The van der Waals surface area contributed by atoms with E-state index in [4.69, 9.17) is 0 Å². The molecule has 0 bridgehead atoms. The molecule has 3 heteroatoms. The van der Waals surface area contributed by atoms with E-state index < -0.39 is 5.97 Å². The zero-order valence-corrected chi connectivity index (χ0v) is 6.84. The third-order valence-electron chi connectivity index (χ3n) is 1.38. The Bertz CT molecular complexity index is 314. The van der Waals surface area contributed by atoms with E-state index >= 15 is 0 Å². The Labute approximate surface area is 75.6 Å². The lowest BCUT2D eigenvalue weighted by molar-refractivity contribution is -0.147. The molecule has 0 saturated carbocycles. The van der Waals surface area contributed by atoms with Gasteiger partial charge in [0, 0.05) is 6.08 Å². The third-order valence-corrected chi connectivity index (χ3v) is 1.38. The van der Waals surface area contributed by atoms with Crippen molar-refractivity contribution in [1.82, 2.24) is 0 Å². The molecule has 0 aliphatic rings. The van der Waals surface area contributed by atoms with E-state index in [0.717, 1.165) is 5.56 Å². The fourth-order valence-electron chi connectivity index (χ4n) is 0.815. The topological polar surface area (TPSA) is 43.4 Å². The molecule has 1 aromatic rings. The molecule has 0 fully saturated rings. The number of esters is 1. The Morgan fingerprint density at radius 1 is 1.23 bits per heavy atom. The molecule has 13 heavy (non-hydrogen) atoms. The van der Waals surface area contributed by atoms with Crippen LogP contribution in [0, 0.1) is 0 Å². The van der Waals surface area contributed by atoms with Gasteiger partial charge in [-0.25, -0.2) is 4.79 Å². The van der Waals surface area contributed by atoms with Gasteiger partial charge < -0.3 is 4.74 Å². The molecule has 0 aliphatic carbocycles. The van der Waals surface area contributed by atoms with Crippen LogP contribution in [-0.4, -0.2) is 12.4 Å². The normalized spacial score (nSPS) is 9.85. The average Bonchev–Trinajstić information content (AvgIpc) is 2.17. The number of ether oxygens (including phenoxy) is 1. The van der Waals surface area contributed by atoms with Gasteiger partial charge in [0.2, 0.25) is 0 Å². The standard InChI is InChI=1S/C10H8O3/c11-8-13-10(12)7-6-9-4-2-1-3-5-9/h1-8H/b7-6+. The van der Waals surface area contributed by atoms with Crippen LogP contribution in [0.1, 0.15) is 5.56 Å². The number of hydrogen-bond donors (Lipinski definition) is 0. The Balaban J connectivity index is 2.58. The van der Waals surface area contributed by atoms with E-state index in [1.165, 1.54) is 6.08 Å². The van der Waals surface area contributed by atoms with Crippen molar-refractivity contribution in [2.75, 3.05) is 0 Å². The van der Waals surface area contributed by atoms with Crippen LogP contribution in [0.5, 0.6) is 0 Å². The molecule has 0 spiro atoms. The van der Waals surface area contributed by atoms with Crippen molar-refractivity contribution in [3.63, 3.8) is 0 Å². The highest BCUT2D eigenvalue weighted by atomic mass is 16.6. The lowest BCUT2D eigenvalue weighted by Gasteiger charge is -1.90. The Kier molecular flexibility index (Phi) is 3.45. The lowest BCUT2D eigenvalue weighted by atomic mass is 10.2. The van der Waals surface area contributed by atoms with Crippen LogP contribution in [0.2, 0.25) is 0 Å². The minimum atomic E-state index is -0.668. The molecule has 0 heterocycles. The molecule has 0 amide bonds. The van der Waals surface area contributed by atoms with Crippen molar-refractivity contribution in [2.45, 2.75) is 0 Å². The molecule has 3 nitrogen and oxygen atoms in total. The second-order valence-electron chi connectivity index (χ2n) is 2.28. The molecular weight excluding hydrogens is 168 g/mol. The average molecular weight is 176 g/mol. The van der Waals surface area contributed by atoms with Gasteiger partial charge in [-0.15, -0.1) is 0 Å². The van der Waals surface area contributed by atoms with E-state index in [2.05, 4.69) is 4.74 Å². The fourth-order valence-corrected chi connectivity index (χ4v) is 0.815. The Hall–Kier alpha value is -1.90. The summed E-state index contributed by atoms with van der Waals surface area (Å²) in [6.45, 7) is 0.109. The summed E-state index contributed by atoms with van der Waals surface area (Å²) in [7, 11) is 0. The van der Waals surface area contributed by atoms with Crippen LogP contribution in [0.3, 0.4) is 0 Å². The number of carbonyl (C=O) groups excluding carboxylic acids is 2. The predicted molar refractivity (Wildman–Crippen MR) is 47.6 cm³/mol. The van der Waals surface area contributed by atoms with Crippen LogP contribution in [0.4, 0.5) is 0 Å². The zero-order valence-electron chi connectivity index (χ0n) is 6.84. The molecular formula is C10H8O3. The maximum absolute atomic E-state index is 10.7. The van der Waals surface area contributed by atoms with Crippen molar-refractivity contribution in [2.24, 2.45) is 0 Å². The van der Waals surface area contributed by atoms with Gasteiger partial charge in [0.05, 0.1) is 0 Å². The van der Waals surface area contributed by atoms with Gasteiger partial charge in [0.1, 0.15) is 0 Å². The van der Waals surface area contributed by atoms with Crippen LogP contribution in [0.15, 0.2) is 36.4 Å². The second-order valence-corrected chi connectivity index (χ2v) is 2.28. The van der Waals surface area contributed by atoms with E-state index in [1.807, 2.05) is 30.3 Å². The molecule has 0 atom stereocenters. The summed E-state index contributed by atoms with van der Waals surface area (Å²) in [5, 5.41) is 0.